The van der Waals surface area contributed by atoms with Gasteiger partial charge in [0, 0.05) is 15.8 Å². The molecular weight excluding hydrogens is 312 g/mol. The van der Waals surface area contributed by atoms with Crippen molar-refractivity contribution in [2.24, 2.45) is 0 Å². The summed E-state index contributed by atoms with van der Waals surface area (Å²) in [5, 5.41) is 11.6. The molecule has 0 spiro atoms. The highest BCUT2D eigenvalue weighted by atomic mass is 79.9. The average molecular weight is 325 g/mol. The van der Waals surface area contributed by atoms with Crippen LogP contribution in [0.1, 0.15) is 17.4 Å². The van der Waals surface area contributed by atoms with Crippen LogP contribution in [0.4, 0.5) is 0 Å². The smallest absolute Gasteiger partial charge is 0.314 e. The van der Waals surface area contributed by atoms with Crippen molar-refractivity contribution in [3.63, 3.8) is 0 Å². The van der Waals surface area contributed by atoms with Gasteiger partial charge >= 0.3 is 5.97 Å². The summed E-state index contributed by atoms with van der Waals surface area (Å²) in [7, 11) is 0. The molecule has 0 bridgehead atoms. The summed E-state index contributed by atoms with van der Waals surface area (Å²) >= 11 is 5.03. The Hall–Kier alpha value is -1.13. The number of hydrogen-bond acceptors (Lipinski definition) is 2. The Labute approximate surface area is 118 Å². The van der Waals surface area contributed by atoms with Crippen molar-refractivity contribution in [2.45, 2.75) is 18.8 Å². The van der Waals surface area contributed by atoms with Gasteiger partial charge in [0.1, 0.15) is 0 Å². The third kappa shape index (κ3) is 2.49. The first-order valence-electron chi connectivity index (χ1n) is 5.55. The van der Waals surface area contributed by atoms with Crippen molar-refractivity contribution < 1.29 is 9.90 Å². The van der Waals surface area contributed by atoms with Crippen LogP contribution in [0, 0.1) is 0 Å². The van der Waals surface area contributed by atoms with Gasteiger partial charge in [-0.3, -0.25) is 4.79 Å². The van der Waals surface area contributed by atoms with Crippen LogP contribution in [0.2, 0.25) is 0 Å². The van der Waals surface area contributed by atoms with Crippen molar-refractivity contribution >= 4 is 33.2 Å². The maximum Gasteiger partial charge on any atom is 0.314 e. The van der Waals surface area contributed by atoms with Crippen molar-refractivity contribution in [1.29, 1.82) is 0 Å². The van der Waals surface area contributed by atoms with E-state index >= 15 is 0 Å². The molecule has 0 fully saturated rings. The molecule has 0 radical (unpaired) electrons. The van der Waals surface area contributed by atoms with E-state index in [1.807, 2.05) is 41.8 Å². The second-order valence-corrected chi connectivity index (χ2v) is 6.26. The van der Waals surface area contributed by atoms with Crippen LogP contribution in [0.15, 0.2) is 46.3 Å². The molecule has 94 valence electrons. The summed E-state index contributed by atoms with van der Waals surface area (Å²) in [5.74, 6) is -0.803. The molecule has 1 unspecified atom stereocenters. The molecule has 1 N–H and O–H groups in total. The molecule has 2 nitrogen and oxygen atoms in total. The molecule has 0 aliphatic rings. The van der Waals surface area contributed by atoms with Crippen LogP contribution in [0.25, 0.3) is 0 Å². The van der Waals surface area contributed by atoms with Gasteiger partial charge in [-0.25, -0.2) is 0 Å². The molecule has 4 heteroatoms. The van der Waals surface area contributed by atoms with Gasteiger partial charge in [-0.1, -0.05) is 40.2 Å². The van der Waals surface area contributed by atoms with Crippen LogP contribution < -0.4 is 0 Å². The lowest BCUT2D eigenvalue weighted by Crippen LogP contribution is -2.35. The minimum Gasteiger partial charge on any atom is -0.481 e. The molecular formula is C14H13BrO2S. The summed E-state index contributed by atoms with van der Waals surface area (Å²) in [6, 6.07) is 11.4. The Morgan fingerprint density at radius 3 is 2.61 bits per heavy atom. The van der Waals surface area contributed by atoms with Crippen LogP contribution in [-0.2, 0) is 16.6 Å². The van der Waals surface area contributed by atoms with Crippen molar-refractivity contribution in [3.8, 4) is 0 Å². The predicted octanol–water partition coefficient (Wildman–Crippen LogP) is 4.10. The summed E-state index contributed by atoms with van der Waals surface area (Å²) in [6.07, 6.45) is 0.503. The lowest BCUT2D eigenvalue weighted by atomic mass is 9.79. The normalized spacial score (nSPS) is 14.1. The maximum atomic E-state index is 11.7. The summed E-state index contributed by atoms with van der Waals surface area (Å²) < 4.78 is 0.839. The highest BCUT2D eigenvalue weighted by Crippen LogP contribution is 2.34. The van der Waals surface area contributed by atoms with Gasteiger partial charge in [-0.05, 0) is 30.0 Å². The number of carboxylic acids is 1. The van der Waals surface area contributed by atoms with E-state index in [-0.39, 0.29) is 0 Å². The Balaban J connectivity index is 2.45. The van der Waals surface area contributed by atoms with E-state index in [2.05, 4.69) is 15.9 Å². The fraction of sp³-hybridized carbons (Fsp3) is 0.214. The monoisotopic (exact) mass is 324 g/mol. The zero-order chi connectivity index (χ0) is 13.2. The van der Waals surface area contributed by atoms with E-state index in [1.54, 1.807) is 18.3 Å². The number of aliphatic carboxylic acids is 1. The van der Waals surface area contributed by atoms with Gasteiger partial charge in [-0.15, -0.1) is 11.3 Å². The highest BCUT2D eigenvalue weighted by molar-refractivity contribution is 9.10. The maximum absolute atomic E-state index is 11.7. The first-order valence-corrected chi connectivity index (χ1v) is 7.22. The largest absolute Gasteiger partial charge is 0.481 e. The number of carbonyl (C=O) groups is 1. The molecule has 2 aromatic rings. The third-order valence-corrected chi connectivity index (χ3v) is 4.62. The molecule has 1 atom stereocenters. The summed E-state index contributed by atoms with van der Waals surface area (Å²) in [5.41, 5.74) is -0.101. The Bertz CT molecular complexity index is 551. The molecule has 0 saturated heterocycles. The molecule has 0 aliphatic carbocycles. The third-order valence-electron chi connectivity index (χ3n) is 3.05. The van der Waals surface area contributed by atoms with Gasteiger partial charge in [-0.2, -0.15) is 0 Å². The highest BCUT2D eigenvalue weighted by Gasteiger charge is 2.37. The number of hydrogen-bond donors (Lipinski definition) is 1. The molecule has 18 heavy (non-hydrogen) atoms. The number of rotatable bonds is 4. The van der Waals surface area contributed by atoms with Crippen molar-refractivity contribution in [3.05, 3.63) is 56.7 Å². The molecule has 0 aliphatic heterocycles. The van der Waals surface area contributed by atoms with E-state index in [0.29, 0.717) is 6.42 Å². The molecule has 2 rings (SSSR count). The number of halogens is 1. The first-order chi connectivity index (χ1) is 8.54. The lowest BCUT2D eigenvalue weighted by molar-refractivity contribution is -0.143. The Kier molecular flexibility index (Phi) is 3.88. The SMILES string of the molecule is CC(Cc1cccs1)(C(=O)O)c1ccccc1Br. The number of benzene rings is 1. The van der Waals surface area contributed by atoms with E-state index in [4.69, 9.17) is 0 Å². The average Bonchev–Trinajstić information content (AvgIpc) is 2.81. The van der Waals surface area contributed by atoms with Gasteiger partial charge in [0.25, 0.3) is 0 Å². The lowest BCUT2D eigenvalue weighted by Gasteiger charge is -2.26. The van der Waals surface area contributed by atoms with Crippen molar-refractivity contribution in [2.75, 3.05) is 0 Å². The minimum atomic E-state index is -0.912. The van der Waals surface area contributed by atoms with Crippen LogP contribution in [-0.4, -0.2) is 11.1 Å². The minimum absolute atomic E-state index is 0.503. The number of carboxylic acid groups (broad SMARTS) is 1. The van der Waals surface area contributed by atoms with Crippen LogP contribution in [0.5, 0.6) is 0 Å². The molecule has 0 amide bonds. The fourth-order valence-electron chi connectivity index (χ4n) is 1.96. The zero-order valence-corrected chi connectivity index (χ0v) is 12.3. The van der Waals surface area contributed by atoms with Crippen LogP contribution >= 0.6 is 27.3 Å². The first kappa shape index (κ1) is 13.3. The zero-order valence-electron chi connectivity index (χ0n) is 9.89. The molecule has 0 saturated carbocycles. The van der Waals surface area contributed by atoms with Gasteiger partial charge in [0.2, 0.25) is 0 Å². The van der Waals surface area contributed by atoms with E-state index in [9.17, 15) is 9.90 Å². The van der Waals surface area contributed by atoms with Crippen molar-refractivity contribution in [1.82, 2.24) is 0 Å². The molecule has 1 aromatic carbocycles. The number of thiophene rings is 1. The fourth-order valence-corrected chi connectivity index (χ4v) is 3.54. The second kappa shape index (κ2) is 5.24. The predicted molar refractivity (Wildman–Crippen MR) is 77.2 cm³/mol. The summed E-state index contributed by atoms with van der Waals surface area (Å²) in [4.78, 5) is 12.8. The quantitative estimate of drug-likeness (QED) is 0.919. The van der Waals surface area contributed by atoms with E-state index in [1.165, 1.54) is 0 Å². The van der Waals surface area contributed by atoms with Crippen LogP contribution in [0.3, 0.4) is 0 Å². The van der Waals surface area contributed by atoms with Gasteiger partial charge < -0.3 is 5.11 Å². The Morgan fingerprint density at radius 1 is 1.33 bits per heavy atom. The second-order valence-electron chi connectivity index (χ2n) is 4.37. The molecule has 1 heterocycles. The van der Waals surface area contributed by atoms with E-state index in [0.717, 1.165) is 14.9 Å². The summed E-state index contributed by atoms with van der Waals surface area (Å²) in [6.45, 7) is 1.77. The Morgan fingerprint density at radius 2 is 2.06 bits per heavy atom. The molecule has 1 aromatic heterocycles. The van der Waals surface area contributed by atoms with Gasteiger partial charge in [0.05, 0.1) is 5.41 Å². The topological polar surface area (TPSA) is 37.3 Å². The standard InChI is InChI=1S/C14H13BrO2S/c1-14(13(16)17,9-10-5-4-8-18-10)11-6-2-3-7-12(11)15/h2-8H,9H2,1H3,(H,16,17). The van der Waals surface area contributed by atoms with Gasteiger partial charge in [0.15, 0.2) is 0 Å². The van der Waals surface area contributed by atoms with E-state index < -0.39 is 11.4 Å².